The largest absolute Gasteiger partial charge is 0.322 e. The molecule has 1 spiro atoms. The number of rotatable bonds is 1. The molecule has 0 saturated carbocycles. The minimum absolute atomic E-state index is 0.129. The molecule has 4 saturated heterocycles. The van der Waals surface area contributed by atoms with Crippen LogP contribution in [0.4, 0.5) is 5.69 Å². The third-order valence-corrected chi connectivity index (χ3v) is 10.4. The van der Waals surface area contributed by atoms with Gasteiger partial charge in [-0.15, -0.1) is 0 Å². The first-order valence-electron chi connectivity index (χ1n) is 7.46. The highest BCUT2D eigenvalue weighted by Gasteiger charge is 2.75. The van der Waals surface area contributed by atoms with Gasteiger partial charge in [0.2, 0.25) is 0 Å². The van der Waals surface area contributed by atoms with Gasteiger partial charge in [0.05, 0.1) is 10.0 Å². The Bertz CT molecular complexity index is 871. The number of amides is 2. The number of hydrogen-bond donors (Lipinski definition) is 1. The predicted octanol–water partition coefficient (Wildman–Crippen LogP) is 1.68. The molecule has 11 heteroatoms. The van der Waals surface area contributed by atoms with Crippen LogP contribution in [-0.4, -0.2) is 53.8 Å². The summed E-state index contributed by atoms with van der Waals surface area (Å²) in [6.07, 6.45) is -0.383. The van der Waals surface area contributed by atoms with E-state index in [2.05, 4.69) is 15.9 Å². The Morgan fingerprint density at radius 1 is 1.36 bits per heavy atom. The second-order valence-corrected chi connectivity index (χ2v) is 11.3. The molecule has 2 bridgehead atoms. The van der Waals surface area contributed by atoms with E-state index in [1.807, 2.05) is 12.1 Å². The van der Waals surface area contributed by atoms with Crippen molar-refractivity contribution in [3.05, 3.63) is 29.8 Å². The maximum Gasteiger partial charge on any atom is 0.263 e. The molecule has 1 aromatic rings. The molecule has 132 valence electrons. The molecule has 5 heterocycles. The maximum absolute atomic E-state index is 13.1. The summed E-state index contributed by atoms with van der Waals surface area (Å²) in [5.41, 5.74) is 1.43. The highest BCUT2D eigenvalue weighted by atomic mass is 79.9. The van der Waals surface area contributed by atoms with Crippen LogP contribution < -0.4 is 4.31 Å². The van der Waals surface area contributed by atoms with Gasteiger partial charge in [0, 0.05) is 13.5 Å². The number of anilines is 1. The van der Waals surface area contributed by atoms with E-state index in [0.29, 0.717) is 12.1 Å². The molecule has 5 aliphatic rings. The van der Waals surface area contributed by atoms with Crippen LogP contribution in [0.2, 0.25) is 0 Å². The average molecular weight is 462 g/mol. The minimum atomic E-state index is -2.33. The van der Waals surface area contributed by atoms with Crippen LogP contribution in [0.15, 0.2) is 24.3 Å². The molecule has 5 aliphatic heterocycles. The number of carbonyl (C=O) groups is 2. The Morgan fingerprint density at radius 2 is 2.08 bits per heavy atom. The fourth-order valence-electron chi connectivity index (χ4n) is 4.25. The van der Waals surface area contributed by atoms with Crippen LogP contribution in [0, 0.1) is 0 Å². The Morgan fingerprint density at radius 3 is 2.80 bits per heavy atom. The number of likely N-dealkylation sites (N-methyl/N-ethyl adjacent to an activating group) is 1. The van der Waals surface area contributed by atoms with Crippen molar-refractivity contribution in [1.29, 1.82) is 0 Å². The number of alkyl halides is 1. The summed E-state index contributed by atoms with van der Waals surface area (Å²) in [5.74, 6) is -0.323. The van der Waals surface area contributed by atoms with Gasteiger partial charge in [-0.05, 0) is 11.6 Å². The lowest BCUT2D eigenvalue weighted by Gasteiger charge is -2.53. The summed E-state index contributed by atoms with van der Waals surface area (Å²) in [6.45, 7) is 0. The lowest BCUT2D eigenvalue weighted by Crippen LogP contribution is -2.71. The summed E-state index contributed by atoms with van der Waals surface area (Å²) >= 11 is 1.44. The molecule has 1 unspecified atom stereocenters. The van der Waals surface area contributed by atoms with E-state index in [9.17, 15) is 18.4 Å². The molecule has 1 N–H and O–H groups in total. The fourth-order valence-corrected chi connectivity index (χ4v) is 9.95. The van der Waals surface area contributed by atoms with Crippen LogP contribution in [0.3, 0.4) is 0 Å². The topological polar surface area (TPSA) is 81.2 Å². The summed E-state index contributed by atoms with van der Waals surface area (Å²) in [6, 6.07) is 7.29. The number of fused-ring (bicyclic) bond motifs is 5. The molecular formula is C14H12BrN3O4S3. The minimum Gasteiger partial charge on any atom is -0.322 e. The average Bonchev–Trinajstić information content (AvgIpc) is 2.98. The van der Waals surface area contributed by atoms with Crippen LogP contribution in [0.5, 0.6) is 0 Å². The zero-order valence-corrected chi connectivity index (χ0v) is 16.8. The SMILES string of the molecule is CN1C(=O)[C@@]23C[C@]4(Br)c5ccccc5N(S(=O)O)[C@@H]4N2C(=O)[C@@H]1SS3. The van der Waals surface area contributed by atoms with Crippen molar-refractivity contribution in [2.24, 2.45) is 0 Å². The summed E-state index contributed by atoms with van der Waals surface area (Å²) < 4.78 is 22.7. The van der Waals surface area contributed by atoms with E-state index < -0.39 is 32.0 Å². The van der Waals surface area contributed by atoms with Crippen molar-refractivity contribution in [3.8, 4) is 0 Å². The van der Waals surface area contributed by atoms with Crippen LogP contribution >= 0.6 is 37.5 Å². The van der Waals surface area contributed by atoms with Crippen molar-refractivity contribution < 1.29 is 18.4 Å². The molecule has 5 atom stereocenters. The zero-order valence-electron chi connectivity index (χ0n) is 12.8. The van der Waals surface area contributed by atoms with Gasteiger partial charge in [-0.1, -0.05) is 55.7 Å². The Balaban J connectivity index is 1.77. The van der Waals surface area contributed by atoms with E-state index in [1.54, 1.807) is 19.2 Å². The third-order valence-electron chi connectivity index (χ3n) is 5.25. The summed E-state index contributed by atoms with van der Waals surface area (Å²) in [5, 5.41) is -0.605. The zero-order chi connectivity index (χ0) is 17.7. The predicted molar refractivity (Wildman–Crippen MR) is 100 cm³/mol. The van der Waals surface area contributed by atoms with E-state index in [1.165, 1.54) is 35.7 Å². The molecule has 0 aromatic heterocycles. The molecular weight excluding hydrogens is 450 g/mol. The van der Waals surface area contributed by atoms with Gasteiger partial charge < -0.3 is 4.90 Å². The van der Waals surface area contributed by atoms with Gasteiger partial charge in [-0.25, -0.2) is 8.51 Å². The molecule has 0 radical (unpaired) electrons. The molecule has 25 heavy (non-hydrogen) atoms. The quantitative estimate of drug-likeness (QED) is 0.389. The maximum atomic E-state index is 13.1. The number of para-hydroxylation sites is 1. The van der Waals surface area contributed by atoms with Crippen LogP contribution in [0.1, 0.15) is 12.0 Å². The normalized spacial score (nSPS) is 39.6. The molecule has 1 aromatic carbocycles. The van der Waals surface area contributed by atoms with Gasteiger partial charge in [0.1, 0.15) is 6.17 Å². The highest BCUT2D eigenvalue weighted by molar-refractivity contribution is 9.09. The van der Waals surface area contributed by atoms with Crippen molar-refractivity contribution in [3.63, 3.8) is 0 Å². The van der Waals surface area contributed by atoms with Crippen molar-refractivity contribution in [2.75, 3.05) is 11.4 Å². The standard InChI is InChI=1S/C14H12BrN3O4S3/c1-16-10-9(19)17-11-13(15,6-14(17,12(16)20)24-23-10)7-4-2-3-5-8(7)18(11)25(21)22/h2-5,10-11H,6H2,1H3,(H,21,22)/t10-,11-,13-,14-/m0/s1. The van der Waals surface area contributed by atoms with Gasteiger partial charge >= 0.3 is 0 Å². The van der Waals surface area contributed by atoms with Gasteiger partial charge in [-0.2, -0.15) is 0 Å². The summed E-state index contributed by atoms with van der Waals surface area (Å²) in [7, 11) is 4.41. The fraction of sp³-hybridized carbons (Fsp3) is 0.429. The van der Waals surface area contributed by atoms with Crippen LogP contribution in [-0.2, 0) is 25.2 Å². The Hall–Kier alpha value is -0.750. The number of hydrogen-bond acceptors (Lipinski definition) is 5. The summed E-state index contributed by atoms with van der Waals surface area (Å²) in [4.78, 5) is 28.1. The molecule has 0 aliphatic carbocycles. The first-order valence-corrected chi connectivity index (χ1v) is 11.5. The Labute approximate surface area is 162 Å². The number of halogens is 1. The third kappa shape index (κ3) is 1.71. The number of nitrogens with zero attached hydrogens (tertiary/aromatic N) is 3. The van der Waals surface area contributed by atoms with Gasteiger partial charge in [-0.3, -0.25) is 19.0 Å². The molecule has 2 amide bonds. The van der Waals surface area contributed by atoms with E-state index in [4.69, 9.17) is 0 Å². The molecule has 4 fully saturated rings. The van der Waals surface area contributed by atoms with Crippen molar-refractivity contribution >= 4 is 66.3 Å². The lowest BCUT2D eigenvalue weighted by molar-refractivity contribution is -0.158. The van der Waals surface area contributed by atoms with Gasteiger partial charge in [0.15, 0.2) is 10.2 Å². The van der Waals surface area contributed by atoms with Gasteiger partial charge in [0.25, 0.3) is 23.1 Å². The molecule has 7 nitrogen and oxygen atoms in total. The molecule has 6 rings (SSSR count). The van der Waals surface area contributed by atoms with Crippen molar-refractivity contribution in [1.82, 2.24) is 9.80 Å². The van der Waals surface area contributed by atoms with E-state index in [0.717, 1.165) is 5.56 Å². The Kier molecular flexibility index (Phi) is 3.25. The lowest BCUT2D eigenvalue weighted by atomic mass is 9.95. The van der Waals surface area contributed by atoms with Crippen molar-refractivity contribution in [2.45, 2.75) is 27.2 Å². The number of piperazine rings is 1. The smallest absolute Gasteiger partial charge is 0.263 e. The monoisotopic (exact) mass is 461 g/mol. The second-order valence-electron chi connectivity index (χ2n) is 6.43. The highest BCUT2D eigenvalue weighted by Crippen LogP contribution is 2.68. The van der Waals surface area contributed by atoms with E-state index >= 15 is 0 Å². The first kappa shape index (κ1) is 16.4. The second kappa shape index (κ2) is 4.94. The van der Waals surface area contributed by atoms with Crippen LogP contribution in [0.25, 0.3) is 0 Å². The van der Waals surface area contributed by atoms with E-state index in [-0.39, 0.29) is 11.8 Å². The number of benzene rings is 1. The number of carbonyl (C=O) groups excluding carboxylic acids is 2. The first-order chi connectivity index (χ1) is 11.8.